The van der Waals surface area contributed by atoms with Crippen molar-refractivity contribution in [3.63, 3.8) is 0 Å². The van der Waals surface area contributed by atoms with Crippen molar-refractivity contribution in [1.82, 2.24) is 29.7 Å². The molecule has 10 heteroatoms. The highest BCUT2D eigenvalue weighted by atomic mass is 16.4. The normalized spacial score (nSPS) is 13.1. The van der Waals surface area contributed by atoms with E-state index < -0.39 is 5.97 Å². The average molecular weight is 430 g/mol. The van der Waals surface area contributed by atoms with Crippen LogP contribution >= 0.6 is 0 Å². The number of benzene rings is 1. The molecule has 0 saturated carbocycles. The number of carboxylic acids is 1. The highest BCUT2D eigenvalue weighted by Crippen LogP contribution is 2.26. The first-order chi connectivity index (χ1) is 15.5. The number of nitrogens with zero attached hydrogens (tertiary/aromatic N) is 6. The van der Waals surface area contributed by atoms with E-state index >= 15 is 0 Å². The second-order valence-electron chi connectivity index (χ2n) is 7.73. The first-order valence-electron chi connectivity index (χ1n) is 10.2. The molecule has 0 radical (unpaired) electrons. The Morgan fingerprint density at radius 3 is 2.69 bits per heavy atom. The average Bonchev–Trinajstić information content (AvgIpc) is 3.42. The van der Waals surface area contributed by atoms with E-state index in [4.69, 9.17) is 0 Å². The van der Waals surface area contributed by atoms with Gasteiger partial charge >= 0.3 is 5.97 Å². The highest BCUT2D eigenvalue weighted by molar-refractivity contribution is 5.86. The number of anilines is 3. The first-order valence-corrected chi connectivity index (χ1v) is 10.2. The van der Waals surface area contributed by atoms with Gasteiger partial charge in [0, 0.05) is 36.7 Å². The molecule has 162 valence electrons. The lowest BCUT2D eigenvalue weighted by molar-refractivity contribution is 0.0686. The zero-order valence-corrected chi connectivity index (χ0v) is 17.7. The number of aromatic carboxylic acids is 1. The van der Waals surface area contributed by atoms with Crippen LogP contribution in [0, 0.1) is 6.92 Å². The molecule has 0 atom stereocenters. The molecule has 0 spiro atoms. The standard InChI is InChI=1S/C22H22N8O2/c1-13-25-21(27-17-5-3-14(4-6-17)16-10-23-24-11-16)28-22(26-13)30-8-7-15-9-18(20(31)32)29(2)19(15)12-30/h3-6,9-11H,7-8,12H2,1-2H3,(H,23,24)(H,31,32)(H,25,26,27,28). The van der Waals surface area contributed by atoms with Gasteiger partial charge in [-0.1, -0.05) is 12.1 Å². The van der Waals surface area contributed by atoms with E-state index in [1.54, 1.807) is 23.9 Å². The summed E-state index contributed by atoms with van der Waals surface area (Å²) in [7, 11) is 1.78. The maximum Gasteiger partial charge on any atom is 0.352 e. The smallest absolute Gasteiger partial charge is 0.352 e. The third kappa shape index (κ3) is 3.66. The van der Waals surface area contributed by atoms with Gasteiger partial charge < -0.3 is 19.9 Å². The Morgan fingerprint density at radius 1 is 1.16 bits per heavy atom. The molecule has 32 heavy (non-hydrogen) atoms. The van der Waals surface area contributed by atoms with Gasteiger partial charge in [-0.2, -0.15) is 20.1 Å². The summed E-state index contributed by atoms with van der Waals surface area (Å²) in [4.78, 5) is 27.1. The predicted molar refractivity (Wildman–Crippen MR) is 119 cm³/mol. The summed E-state index contributed by atoms with van der Waals surface area (Å²) in [6.45, 7) is 3.08. The monoisotopic (exact) mass is 430 g/mol. The van der Waals surface area contributed by atoms with Gasteiger partial charge in [-0.15, -0.1) is 0 Å². The van der Waals surface area contributed by atoms with Crippen molar-refractivity contribution < 1.29 is 9.90 Å². The first kappa shape index (κ1) is 19.7. The van der Waals surface area contributed by atoms with Crippen LogP contribution in [-0.2, 0) is 20.0 Å². The molecule has 1 aliphatic rings. The Kier molecular flexibility index (Phi) is 4.81. The fourth-order valence-electron chi connectivity index (χ4n) is 3.97. The number of rotatable bonds is 5. The van der Waals surface area contributed by atoms with Gasteiger partial charge in [-0.05, 0) is 42.7 Å². The van der Waals surface area contributed by atoms with Crippen LogP contribution in [0.4, 0.5) is 17.6 Å². The molecule has 0 aliphatic carbocycles. The van der Waals surface area contributed by atoms with Gasteiger partial charge in [0.15, 0.2) is 0 Å². The highest BCUT2D eigenvalue weighted by Gasteiger charge is 2.25. The minimum Gasteiger partial charge on any atom is -0.477 e. The summed E-state index contributed by atoms with van der Waals surface area (Å²) >= 11 is 0. The molecule has 5 rings (SSSR count). The van der Waals surface area contributed by atoms with Crippen LogP contribution in [0.5, 0.6) is 0 Å². The number of aromatic amines is 1. The minimum atomic E-state index is -0.922. The zero-order chi connectivity index (χ0) is 22.2. The topological polar surface area (TPSA) is 125 Å². The van der Waals surface area contributed by atoms with Crippen molar-refractivity contribution in [2.75, 3.05) is 16.8 Å². The van der Waals surface area contributed by atoms with Crippen molar-refractivity contribution >= 4 is 23.6 Å². The van der Waals surface area contributed by atoms with E-state index in [0.717, 1.165) is 34.5 Å². The van der Waals surface area contributed by atoms with E-state index in [9.17, 15) is 9.90 Å². The maximum atomic E-state index is 11.5. The molecule has 0 fully saturated rings. The van der Waals surface area contributed by atoms with Crippen LogP contribution in [0.1, 0.15) is 27.6 Å². The molecular weight excluding hydrogens is 408 g/mol. The SMILES string of the molecule is Cc1nc(Nc2ccc(-c3cn[nH]c3)cc2)nc(N2CCc3cc(C(=O)O)n(C)c3C2)n1. The lowest BCUT2D eigenvalue weighted by atomic mass is 10.1. The molecule has 4 aromatic rings. The van der Waals surface area contributed by atoms with Crippen LogP contribution < -0.4 is 10.2 Å². The maximum absolute atomic E-state index is 11.5. The Bertz CT molecular complexity index is 1280. The van der Waals surface area contributed by atoms with Crippen LogP contribution in [0.15, 0.2) is 42.7 Å². The molecule has 0 unspecified atom stereocenters. The van der Waals surface area contributed by atoms with Gasteiger partial charge in [0.1, 0.15) is 11.5 Å². The van der Waals surface area contributed by atoms with Crippen molar-refractivity contribution in [3.8, 4) is 11.1 Å². The number of hydrogen-bond acceptors (Lipinski definition) is 7. The second-order valence-corrected chi connectivity index (χ2v) is 7.73. The number of hydrogen-bond donors (Lipinski definition) is 3. The molecule has 1 aromatic carbocycles. The molecule has 4 heterocycles. The van der Waals surface area contributed by atoms with E-state index in [1.165, 1.54) is 0 Å². The second kappa shape index (κ2) is 7.80. The molecule has 10 nitrogen and oxygen atoms in total. The quantitative estimate of drug-likeness (QED) is 0.441. The number of carbonyl (C=O) groups is 1. The Hall–Kier alpha value is -4.21. The zero-order valence-electron chi connectivity index (χ0n) is 17.7. The summed E-state index contributed by atoms with van der Waals surface area (Å²) in [6.07, 6.45) is 4.36. The summed E-state index contributed by atoms with van der Waals surface area (Å²) < 4.78 is 1.73. The van der Waals surface area contributed by atoms with Crippen LogP contribution in [0.2, 0.25) is 0 Å². The van der Waals surface area contributed by atoms with E-state index in [1.807, 2.05) is 37.4 Å². The molecule has 1 aliphatic heterocycles. The summed E-state index contributed by atoms with van der Waals surface area (Å²) in [5.41, 5.74) is 5.27. The fraction of sp³-hybridized carbons (Fsp3) is 0.227. The Balaban J connectivity index is 1.37. The van der Waals surface area contributed by atoms with Gasteiger partial charge in [0.05, 0.1) is 12.7 Å². The number of H-pyrrole nitrogens is 1. The summed E-state index contributed by atoms with van der Waals surface area (Å²) in [5, 5.41) is 19.4. The van der Waals surface area contributed by atoms with Crippen LogP contribution in [-0.4, -0.2) is 47.3 Å². The van der Waals surface area contributed by atoms with Crippen molar-refractivity contribution in [2.45, 2.75) is 19.9 Å². The fourth-order valence-corrected chi connectivity index (χ4v) is 3.97. The molecule has 0 amide bonds. The van der Waals surface area contributed by atoms with Gasteiger partial charge in [0.2, 0.25) is 11.9 Å². The van der Waals surface area contributed by atoms with E-state index in [0.29, 0.717) is 36.5 Å². The number of fused-ring (bicyclic) bond motifs is 1. The third-order valence-electron chi connectivity index (χ3n) is 5.65. The number of carboxylic acid groups (broad SMARTS) is 1. The summed E-state index contributed by atoms with van der Waals surface area (Å²) in [5.74, 6) is 0.720. The predicted octanol–water partition coefficient (Wildman–Crippen LogP) is 2.91. The molecule has 0 bridgehead atoms. The van der Waals surface area contributed by atoms with Gasteiger partial charge in [-0.3, -0.25) is 5.10 Å². The number of aromatic nitrogens is 6. The Morgan fingerprint density at radius 2 is 1.97 bits per heavy atom. The van der Waals surface area contributed by atoms with Crippen LogP contribution in [0.3, 0.4) is 0 Å². The van der Waals surface area contributed by atoms with Gasteiger partial charge in [-0.25, -0.2) is 4.79 Å². The lowest BCUT2D eigenvalue weighted by Crippen LogP contribution is -2.33. The van der Waals surface area contributed by atoms with Crippen molar-refractivity contribution in [3.05, 3.63) is 65.5 Å². The number of nitrogens with one attached hydrogen (secondary N) is 2. The minimum absolute atomic E-state index is 0.296. The van der Waals surface area contributed by atoms with Gasteiger partial charge in [0.25, 0.3) is 0 Å². The molecule has 0 saturated heterocycles. The molecule has 3 N–H and O–H groups in total. The Labute approximate surface area is 184 Å². The van der Waals surface area contributed by atoms with E-state index in [2.05, 4.69) is 35.4 Å². The van der Waals surface area contributed by atoms with E-state index in [-0.39, 0.29) is 0 Å². The largest absolute Gasteiger partial charge is 0.477 e. The molecular formula is C22H22N8O2. The third-order valence-corrected chi connectivity index (χ3v) is 5.65. The van der Waals surface area contributed by atoms with Crippen molar-refractivity contribution in [1.29, 1.82) is 0 Å². The van der Waals surface area contributed by atoms with Crippen LogP contribution in [0.25, 0.3) is 11.1 Å². The van der Waals surface area contributed by atoms with Crippen molar-refractivity contribution in [2.24, 2.45) is 7.05 Å². The molecule has 3 aromatic heterocycles. The lowest BCUT2D eigenvalue weighted by Gasteiger charge is -2.28. The summed E-state index contributed by atoms with van der Waals surface area (Å²) in [6, 6.07) is 9.69. The number of aryl methyl sites for hydroxylation is 1.